The predicted octanol–water partition coefficient (Wildman–Crippen LogP) is 5.82. The standard InChI is InChI=1S/C11H9O.C7H9.2ClH.Ti/c12-8-10-6-3-5-9-4-1-2-7-11(9)10;1-6-4-3-5-7(6)2;;;/h1-7H,8H2;4H,3H2,1-2H3;2*1H;/q-1;;;;+1. The first-order valence-corrected chi connectivity index (χ1v) is 8.39. The van der Waals surface area contributed by atoms with Gasteiger partial charge in [0.1, 0.15) is 0 Å². The molecule has 0 heterocycles. The molecular formula is C18H20Cl2OTi. The van der Waals surface area contributed by atoms with Crippen LogP contribution in [0.1, 0.15) is 25.8 Å². The molecule has 4 heteroatoms. The van der Waals surface area contributed by atoms with Crippen molar-refractivity contribution >= 4 is 35.6 Å². The van der Waals surface area contributed by atoms with Gasteiger partial charge in [-0.05, 0) is 0 Å². The molecule has 0 bridgehead atoms. The van der Waals surface area contributed by atoms with Crippen LogP contribution in [0, 0.1) is 0 Å². The molecule has 0 saturated carbocycles. The van der Waals surface area contributed by atoms with Crippen molar-refractivity contribution in [1.82, 2.24) is 0 Å². The summed E-state index contributed by atoms with van der Waals surface area (Å²) < 4.78 is 7.61. The van der Waals surface area contributed by atoms with Crippen molar-refractivity contribution in [2.75, 3.05) is 0 Å². The van der Waals surface area contributed by atoms with Crippen LogP contribution in [0.5, 0.6) is 0 Å². The third-order valence-electron chi connectivity index (χ3n) is 3.96. The molecule has 2 aromatic carbocycles. The second-order valence-corrected chi connectivity index (χ2v) is 6.94. The average Bonchev–Trinajstić information content (AvgIpc) is 2.79. The molecule has 0 fully saturated rings. The van der Waals surface area contributed by atoms with Gasteiger partial charge in [-0.15, -0.1) is 24.8 Å². The van der Waals surface area contributed by atoms with Crippen LogP contribution in [-0.4, -0.2) is 0 Å². The molecule has 0 saturated heterocycles. The number of hydrogen-bond acceptors (Lipinski definition) is 1. The van der Waals surface area contributed by atoms with Crippen LogP contribution in [0.25, 0.3) is 10.8 Å². The van der Waals surface area contributed by atoms with Gasteiger partial charge in [-0.25, -0.2) is 0 Å². The summed E-state index contributed by atoms with van der Waals surface area (Å²) in [4.78, 5) is 0. The molecule has 0 unspecified atom stereocenters. The summed E-state index contributed by atoms with van der Waals surface area (Å²) in [5.41, 5.74) is 4.19. The Morgan fingerprint density at radius 3 is 2.45 bits per heavy atom. The molecule has 0 aromatic heterocycles. The smallest absolute Gasteiger partial charge is 0.147 e. The fraction of sp³-hybridized carbons (Fsp3) is 0.222. The fourth-order valence-corrected chi connectivity index (χ4v) is 4.00. The second kappa shape index (κ2) is 8.91. The fourth-order valence-electron chi connectivity index (χ4n) is 2.54. The van der Waals surface area contributed by atoms with E-state index in [0.717, 1.165) is 13.0 Å². The Kier molecular flexibility index (Phi) is 7.89. The maximum Gasteiger partial charge on any atom is -0.147 e. The van der Waals surface area contributed by atoms with Crippen LogP contribution in [0.15, 0.2) is 63.6 Å². The third kappa shape index (κ3) is 4.25. The van der Waals surface area contributed by atoms with Gasteiger partial charge in [-0.2, -0.15) is 0 Å². The van der Waals surface area contributed by atoms with Crippen LogP contribution in [0.3, 0.4) is 0 Å². The van der Waals surface area contributed by atoms with Crippen molar-refractivity contribution in [1.29, 1.82) is 0 Å². The van der Waals surface area contributed by atoms with Gasteiger partial charge in [0.2, 0.25) is 0 Å². The summed E-state index contributed by atoms with van der Waals surface area (Å²) >= 11 is -0.443. The minimum absolute atomic E-state index is 0. The van der Waals surface area contributed by atoms with E-state index < -0.39 is 19.5 Å². The largest absolute Gasteiger partial charge is 0.147 e. The number of halogens is 2. The SMILES string of the molecule is CC1=CC[C]([Ti][O]Cc2cccc3ccccc23)=C1C.Cl.Cl. The van der Waals surface area contributed by atoms with Crippen LogP contribution in [0.4, 0.5) is 0 Å². The van der Waals surface area contributed by atoms with E-state index in [2.05, 4.69) is 62.4 Å². The molecule has 3 rings (SSSR count). The van der Waals surface area contributed by atoms with Gasteiger partial charge in [0.25, 0.3) is 0 Å². The van der Waals surface area contributed by atoms with Gasteiger partial charge in [0.15, 0.2) is 0 Å². The number of rotatable bonds is 4. The topological polar surface area (TPSA) is 9.23 Å². The first-order chi connectivity index (χ1) is 9.75. The monoisotopic (exact) mass is 370 g/mol. The van der Waals surface area contributed by atoms with Crippen LogP contribution < -0.4 is 0 Å². The van der Waals surface area contributed by atoms with Crippen molar-refractivity contribution in [3.63, 3.8) is 0 Å². The number of hydrogen-bond donors (Lipinski definition) is 0. The van der Waals surface area contributed by atoms with E-state index in [1.165, 1.54) is 27.5 Å². The Hall–Kier alpha value is -0.566. The number of benzene rings is 2. The van der Waals surface area contributed by atoms with E-state index >= 15 is 0 Å². The first kappa shape index (κ1) is 19.5. The predicted molar refractivity (Wildman–Crippen MR) is 94.3 cm³/mol. The van der Waals surface area contributed by atoms with Gasteiger partial charge < -0.3 is 0 Å². The molecule has 0 spiro atoms. The Bertz CT molecular complexity index is 702. The summed E-state index contributed by atoms with van der Waals surface area (Å²) in [6, 6.07) is 15.0. The maximum atomic E-state index is 6.06. The summed E-state index contributed by atoms with van der Waals surface area (Å²) in [6.07, 6.45) is 3.42. The quantitative estimate of drug-likeness (QED) is 0.616. The maximum absolute atomic E-state index is 6.06. The molecule has 1 aliphatic rings. The Balaban J connectivity index is 0.00000121. The van der Waals surface area contributed by atoms with Gasteiger partial charge in [-0.3, -0.25) is 0 Å². The molecule has 2 aromatic rings. The molecule has 0 radical (unpaired) electrons. The molecular weight excluding hydrogens is 351 g/mol. The van der Waals surface area contributed by atoms with E-state index in [1.54, 1.807) is 3.88 Å². The van der Waals surface area contributed by atoms with Crippen LogP contribution in [-0.2, 0) is 29.5 Å². The number of fused-ring (bicyclic) bond motifs is 1. The second-order valence-electron chi connectivity index (χ2n) is 5.22. The molecule has 116 valence electrons. The Morgan fingerprint density at radius 1 is 1.00 bits per heavy atom. The molecule has 22 heavy (non-hydrogen) atoms. The first-order valence-electron chi connectivity index (χ1n) is 6.97. The van der Waals surface area contributed by atoms with E-state index in [-0.39, 0.29) is 24.8 Å². The molecule has 0 atom stereocenters. The molecule has 1 aliphatic carbocycles. The van der Waals surface area contributed by atoms with Crippen molar-refractivity contribution < 1.29 is 22.9 Å². The van der Waals surface area contributed by atoms with Crippen molar-refractivity contribution in [2.45, 2.75) is 26.9 Å². The molecule has 1 nitrogen and oxygen atoms in total. The van der Waals surface area contributed by atoms with E-state index in [1.807, 2.05) is 0 Å². The average molecular weight is 371 g/mol. The Labute approximate surface area is 154 Å². The normalized spacial score (nSPS) is 13.5. The zero-order valence-electron chi connectivity index (χ0n) is 12.8. The van der Waals surface area contributed by atoms with Gasteiger partial charge in [-0.1, -0.05) is 0 Å². The molecule has 0 aliphatic heterocycles. The molecule has 0 amide bonds. The van der Waals surface area contributed by atoms with Gasteiger partial charge in [0, 0.05) is 0 Å². The zero-order valence-corrected chi connectivity index (χ0v) is 16.0. The summed E-state index contributed by atoms with van der Waals surface area (Å²) in [5, 5.41) is 2.61. The minimum atomic E-state index is -0.443. The van der Waals surface area contributed by atoms with E-state index in [4.69, 9.17) is 3.32 Å². The molecule has 0 N–H and O–H groups in total. The van der Waals surface area contributed by atoms with Crippen molar-refractivity contribution in [2.24, 2.45) is 0 Å². The summed E-state index contributed by atoms with van der Waals surface area (Å²) in [7, 11) is 0. The number of allylic oxidation sites excluding steroid dienone is 4. The van der Waals surface area contributed by atoms with Crippen LogP contribution in [0.2, 0.25) is 0 Å². The van der Waals surface area contributed by atoms with Gasteiger partial charge in [0.05, 0.1) is 0 Å². The summed E-state index contributed by atoms with van der Waals surface area (Å²) in [5.74, 6) is 0. The summed E-state index contributed by atoms with van der Waals surface area (Å²) in [6.45, 7) is 5.15. The Morgan fingerprint density at radius 2 is 1.73 bits per heavy atom. The van der Waals surface area contributed by atoms with Crippen molar-refractivity contribution in [3.8, 4) is 0 Å². The van der Waals surface area contributed by atoms with E-state index in [9.17, 15) is 0 Å². The third-order valence-corrected chi connectivity index (χ3v) is 5.70. The van der Waals surface area contributed by atoms with E-state index in [0.29, 0.717) is 0 Å². The minimum Gasteiger partial charge on any atom is -0.147 e. The van der Waals surface area contributed by atoms with Crippen LogP contribution >= 0.6 is 24.8 Å². The van der Waals surface area contributed by atoms with Crippen molar-refractivity contribution in [3.05, 3.63) is 69.1 Å². The zero-order chi connectivity index (χ0) is 13.9. The van der Waals surface area contributed by atoms with Gasteiger partial charge >= 0.3 is 130 Å².